The second kappa shape index (κ2) is 7.62. The third-order valence-corrected chi connectivity index (χ3v) is 6.44. The lowest BCUT2D eigenvalue weighted by atomic mass is 9.95. The van der Waals surface area contributed by atoms with E-state index in [1.807, 2.05) is 0 Å². The minimum Gasteiger partial charge on any atom is -0.495 e. The van der Waals surface area contributed by atoms with Gasteiger partial charge >= 0.3 is 0 Å². The quantitative estimate of drug-likeness (QED) is 0.693. The molecule has 6 heteroatoms. The zero-order valence-electron chi connectivity index (χ0n) is 12.8. The molecule has 1 saturated carbocycles. The molecule has 0 bridgehead atoms. The lowest BCUT2D eigenvalue weighted by molar-refractivity contribution is 0.268. The molecule has 22 heavy (non-hydrogen) atoms. The topological polar surface area (TPSA) is 46.6 Å². The summed E-state index contributed by atoms with van der Waals surface area (Å²) in [6, 6.07) is 5.09. The smallest absolute Gasteiger partial charge is 0.247 e. The maximum absolute atomic E-state index is 13.1. The Morgan fingerprint density at radius 3 is 2.64 bits per heavy atom. The highest BCUT2D eigenvalue weighted by Gasteiger charge is 2.33. The number of ether oxygens (including phenoxy) is 1. The molecule has 1 aromatic rings. The van der Waals surface area contributed by atoms with Gasteiger partial charge < -0.3 is 4.74 Å². The first kappa shape index (κ1) is 17.5. The zero-order chi connectivity index (χ0) is 16.2. The molecule has 0 aliphatic heterocycles. The minimum absolute atomic E-state index is 0.0421. The standard InChI is InChI=1S/C16H22BrNO3S/c1-3-11-18(14-7-5-4-6-8-14)22(19,20)16-12-13(17)9-10-15(16)21-2/h3,9-10,12,14H,1,4-8,11H2,2H3. The van der Waals surface area contributed by atoms with E-state index in [4.69, 9.17) is 4.74 Å². The summed E-state index contributed by atoms with van der Waals surface area (Å²) in [5.74, 6) is 0.369. The first-order chi connectivity index (χ1) is 10.5. The summed E-state index contributed by atoms with van der Waals surface area (Å²) in [6.45, 7) is 4.04. The molecule has 0 aromatic heterocycles. The molecule has 0 heterocycles. The average molecular weight is 388 g/mol. The van der Waals surface area contributed by atoms with Crippen LogP contribution in [0.2, 0.25) is 0 Å². The van der Waals surface area contributed by atoms with Crippen LogP contribution >= 0.6 is 15.9 Å². The molecule has 0 saturated heterocycles. The molecule has 1 aromatic carbocycles. The SMILES string of the molecule is C=CCN(C1CCCCC1)S(=O)(=O)c1cc(Br)ccc1OC. The molecule has 0 amide bonds. The van der Waals surface area contributed by atoms with Crippen LogP contribution in [0.1, 0.15) is 32.1 Å². The van der Waals surface area contributed by atoms with Crippen molar-refractivity contribution in [2.75, 3.05) is 13.7 Å². The summed E-state index contributed by atoms with van der Waals surface area (Å²) >= 11 is 3.34. The van der Waals surface area contributed by atoms with Crippen LogP contribution < -0.4 is 4.74 Å². The van der Waals surface area contributed by atoms with Gasteiger partial charge in [0.05, 0.1) is 7.11 Å². The molecule has 122 valence electrons. The molecule has 0 atom stereocenters. The monoisotopic (exact) mass is 387 g/mol. The maximum atomic E-state index is 13.1. The van der Waals surface area contributed by atoms with Crippen LogP contribution in [0, 0.1) is 0 Å². The molecule has 1 fully saturated rings. The Morgan fingerprint density at radius 2 is 2.05 bits per heavy atom. The second-order valence-corrected chi connectivity index (χ2v) is 8.23. The predicted octanol–water partition coefficient (Wildman–Crippen LogP) is 3.97. The van der Waals surface area contributed by atoms with Gasteiger partial charge in [-0.1, -0.05) is 41.3 Å². The van der Waals surface area contributed by atoms with Gasteiger partial charge in [0.2, 0.25) is 10.0 Å². The van der Waals surface area contributed by atoms with E-state index in [9.17, 15) is 8.42 Å². The van der Waals surface area contributed by atoms with Crippen molar-refractivity contribution in [3.05, 3.63) is 35.3 Å². The highest BCUT2D eigenvalue weighted by Crippen LogP contribution is 2.33. The average Bonchev–Trinajstić information content (AvgIpc) is 2.53. The van der Waals surface area contributed by atoms with Crippen LogP contribution in [-0.2, 0) is 10.0 Å². The van der Waals surface area contributed by atoms with Crippen LogP contribution in [0.3, 0.4) is 0 Å². The van der Waals surface area contributed by atoms with Crippen molar-refractivity contribution in [2.45, 2.75) is 43.0 Å². The molecule has 0 spiro atoms. The molecule has 2 rings (SSSR count). The van der Waals surface area contributed by atoms with Crippen molar-refractivity contribution in [1.82, 2.24) is 4.31 Å². The molecular weight excluding hydrogens is 366 g/mol. The fourth-order valence-electron chi connectivity index (χ4n) is 2.92. The van der Waals surface area contributed by atoms with Crippen molar-refractivity contribution in [3.8, 4) is 5.75 Å². The van der Waals surface area contributed by atoms with E-state index in [0.29, 0.717) is 16.8 Å². The van der Waals surface area contributed by atoms with Gasteiger partial charge in [-0.05, 0) is 31.0 Å². The molecule has 0 unspecified atom stereocenters. The molecular formula is C16H22BrNO3S. The summed E-state index contributed by atoms with van der Waals surface area (Å²) in [7, 11) is -2.13. The fraction of sp³-hybridized carbons (Fsp3) is 0.500. The van der Waals surface area contributed by atoms with Crippen LogP contribution in [0.5, 0.6) is 5.75 Å². The number of hydrogen-bond donors (Lipinski definition) is 0. The summed E-state index contributed by atoms with van der Waals surface area (Å²) in [5, 5.41) is 0. The Hall–Kier alpha value is -0.850. The fourth-order valence-corrected chi connectivity index (χ4v) is 5.27. The Balaban J connectivity index is 2.44. The lowest BCUT2D eigenvalue weighted by Gasteiger charge is -2.33. The summed E-state index contributed by atoms with van der Waals surface area (Å²) in [6.07, 6.45) is 6.79. The van der Waals surface area contributed by atoms with Gasteiger partial charge in [-0.25, -0.2) is 8.42 Å². The van der Waals surface area contributed by atoms with E-state index in [-0.39, 0.29) is 10.9 Å². The van der Waals surface area contributed by atoms with Crippen LogP contribution in [0.4, 0.5) is 0 Å². The molecule has 0 N–H and O–H groups in total. The number of sulfonamides is 1. The van der Waals surface area contributed by atoms with Crippen molar-refractivity contribution in [1.29, 1.82) is 0 Å². The van der Waals surface area contributed by atoms with Crippen LogP contribution in [-0.4, -0.2) is 32.4 Å². The second-order valence-electron chi connectivity index (χ2n) is 5.45. The molecule has 1 aliphatic carbocycles. The Kier molecular flexibility index (Phi) is 6.06. The largest absolute Gasteiger partial charge is 0.495 e. The number of benzene rings is 1. The summed E-state index contributed by atoms with van der Waals surface area (Å²) in [4.78, 5) is 0.205. The highest BCUT2D eigenvalue weighted by molar-refractivity contribution is 9.10. The van der Waals surface area contributed by atoms with Crippen molar-refractivity contribution in [3.63, 3.8) is 0 Å². The highest BCUT2D eigenvalue weighted by atomic mass is 79.9. The normalized spacial score (nSPS) is 16.7. The van der Waals surface area contributed by atoms with Gasteiger partial charge in [-0.3, -0.25) is 0 Å². The Labute approximate surface area is 141 Å². The third-order valence-electron chi connectivity index (χ3n) is 4.00. The van der Waals surface area contributed by atoms with Gasteiger partial charge in [0, 0.05) is 17.1 Å². The van der Waals surface area contributed by atoms with E-state index >= 15 is 0 Å². The minimum atomic E-state index is -3.62. The van der Waals surface area contributed by atoms with Crippen molar-refractivity contribution < 1.29 is 13.2 Å². The Bertz CT molecular complexity index is 624. The summed E-state index contributed by atoms with van der Waals surface area (Å²) in [5.41, 5.74) is 0. The van der Waals surface area contributed by atoms with E-state index in [0.717, 1.165) is 25.7 Å². The van der Waals surface area contributed by atoms with E-state index in [1.54, 1.807) is 28.6 Å². The van der Waals surface area contributed by atoms with Gasteiger partial charge in [-0.2, -0.15) is 4.31 Å². The number of rotatable bonds is 6. The number of halogens is 1. The van der Waals surface area contributed by atoms with Gasteiger partial charge in [0.1, 0.15) is 10.6 Å². The lowest BCUT2D eigenvalue weighted by Crippen LogP contribution is -2.41. The van der Waals surface area contributed by atoms with E-state index < -0.39 is 10.0 Å². The molecule has 4 nitrogen and oxygen atoms in total. The van der Waals surface area contributed by atoms with E-state index in [2.05, 4.69) is 22.5 Å². The molecule has 1 aliphatic rings. The number of methoxy groups -OCH3 is 1. The van der Waals surface area contributed by atoms with Gasteiger partial charge in [-0.15, -0.1) is 6.58 Å². The zero-order valence-corrected chi connectivity index (χ0v) is 15.2. The maximum Gasteiger partial charge on any atom is 0.247 e. The Morgan fingerprint density at radius 1 is 1.36 bits per heavy atom. The van der Waals surface area contributed by atoms with Gasteiger partial charge in [0.15, 0.2) is 0 Å². The van der Waals surface area contributed by atoms with Crippen LogP contribution in [0.25, 0.3) is 0 Å². The van der Waals surface area contributed by atoms with Crippen LogP contribution in [0.15, 0.2) is 40.2 Å². The summed E-state index contributed by atoms with van der Waals surface area (Å²) < 4.78 is 33.8. The molecule has 0 radical (unpaired) electrons. The van der Waals surface area contributed by atoms with Gasteiger partial charge in [0.25, 0.3) is 0 Å². The number of nitrogens with zero attached hydrogens (tertiary/aromatic N) is 1. The first-order valence-corrected chi connectivity index (χ1v) is 9.70. The predicted molar refractivity (Wildman–Crippen MR) is 91.7 cm³/mol. The third kappa shape index (κ3) is 3.73. The van der Waals surface area contributed by atoms with Crippen molar-refractivity contribution >= 4 is 26.0 Å². The number of hydrogen-bond acceptors (Lipinski definition) is 3. The first-order valence-electron chi connectivity index (χ1n) is 7.47. The van der Waals surface area contributed by atoms with Crippen molar-refractivity contribution in [2.24, 2.45) is 0 Å². The van der Waals surface area contributed by atoms with E-state index in [1.165, 1.54) is 13.5 Å².